The molecule has 1 aromatic rings. The number of halogens is 2. The van der Waals surface area contributed by atoms with Crippen molar-refractivity contribution in [1.29, 1.82) is 0 Å². The number of carboxylic acid groups (broad SMARTS) is 1. The van der Waals surface area contributed by atoms with Crippen molar-refractivity contribution >= 4 is 27.6 Å². The van der Waals surface area contributed by atoms with Gasteiger partial charge in [-0.05, 0) is 24.6 Å². The quantitative estimate of drug-likeness (QED) is 0.713. The number of nitrogens with one attached hydrogen (secondary N) is 1. The first-order chi connectivity index (χ1) is 8.74. The first-order valence-corrected chi connectivity index (χ1v) is 6.96. The van der Waals surface area contributed by atoms with Crippen LogP contribution in [0.2, 0.25) is 5.02 Å². The lowest BCUT2D eigenvalue weighted by molar-refractivity contribution is -0.146. The molecule has 1 atom stereocenters. The Balaban J connectivity index is 2.71. The number of carboxylic acids is 1. The van der Waals surface area contributed by atoms with Crippen LogP contribution >= 0.6 is 11.6 Å². The minimum absolute atomic E-state index is 0.247. The van der Waals surface area contributed by atoms with Crippen molar-refractivity contribution in [3.8, 4) is 0 Å². The van der Waals surface area contributed by atoms with E-state index >= 15 is 0 Å². The highest BCUT2D eigenvalue weighted by Gasteiger charge is 2.18. The first kappa shape index (κ1) is 15.8. The van der Waals surface area contributed by atoms with Gasteiger partial charge in [0, 0.05) is 6.54 Å². The van der Waals surface area contributed by atoms with E-state index in [0.29, 0.717) is 0 Å². The largest absolute Gasteiger partial charge is 0.479 e. The lowest BCUT2D eigenvalue weighted by Gasteiger charge is -2.08. The summed E-state index contributed by atoms with van der Waals surface area (Å²) in [7, 11) is -3.93. The Morgan fingerprint density at radius 2 is 2.11 bits per heavy atom. The number of carbonyl (C=O) groups is 1. The fourth-order valence-corrected chi connectivity index (χ4v) is 2.50. The van der Waals surface area contributed by atoms with Gasteiger partial charge in [0.1, 0.15) is 5.82 Å². The second-order valence-corrected chi connectivity index (χ2v) is 5.79. The van der Waals surface area contributed by atoms with E-state index in [2.05, 4.69) is 4.72 Å². The van der Waals surface area contributed by atoms with Crippen LogP contribution in [0.1, 0.15) is 6.42 Å². The monoisotopic (exact) mass is 311 g/mol. The van der Waals surface area contributed by atoms with Crippen molar-refractivity contribution in [2.24, 2.45) is 0 Å². The van der Waals surface area contributed by atoms with Gasteiger partial charge >= 0.3 is 5.97 Å². The molecule has 0 heterocycles. The van der Waals surface area contributed by atoms with E-state index in [1.54, 1.807) is 0 Å². The SMILES string of the molecule is O=C(O)[C@@H](O)CCNS(=O)(=O)c1ccc(F)c(Cl)c1. The zero-order valence-electron chi connectivity index (χ0n) is 9.51. The van der Waals surface area contributed by atoms with Gasteiger partial charge in [-0.3, -0.25) is 0 Å². The molecule has 0 fully saturated rings. The zero-order chi connectivity index (χ0) is 14.6. The average Bonchev–Trinajstić information content (AvgIpc) is 2.32. The second kappa shape index (κ2) is 6.29. The molecular weight excluding hydrogens is 301 g/mol. The molecule has 0 aliphatic rings. The normalized spacial score (nSPS) is 13.2. The second-order valence-electron chi connectivity index (χ2n) is 3.62. The van der Waals surface area contributed by atoms with Crippen LogP contribution in [0.15, 0.2) is 23.1 Å². The molecule has 0 radical (unpaired) electrons. The van der Waals surface area contributed by atoms with Gasteiger partial charge in [-0.2, -0.15) is 0 Å². The number of benzene rings is 1. The highest BCUT2D eigenvalue weighted by atomic mass is 35.5. The third-order valence-electron chi connectivity index (χ3n) is 2.20. The predicted molar refractivity (Wildman–Crippen MR) is 64.9 cm³/mol. The van der Waals surface area contributed by atoms with Crippen molar-refractivity contribution in [1.82, 2.24) is 4.72 Å². The van der Waals surface area contributed by atoms with Gasteiger partial charge < -0.3 is 10.2 Å². The Labute approximate surface area is 113 Å². The molecule has 9 heteroatoms. The van der Waals surface area contributed by atoms with Gasteiger partial charge in [0.15, 0.2) is 6.10 Å². The van der Waals surface area contributed by atoms with E-state index in [1.165, 1.54) is 0 Å². The van der Waals surface area contributed by atoms with Crippen molar-refractivity contribution in [3.63, 3.8) is 0 Å². The summed E-state index contributed by atoms with van der Waals surface area (Å²) in [6.45, 7) is -0.273. The van der Waals surface area contributed by atoms with Gasteiger partial charge in [-0.25, -0.2) is 22.3 Å². The molecule has 106 valence electrons. The fourth-order valence-electron chi connectivity index (χ4n) is 1.18. The molecule has 0 bridgehead atoms. The number of aliphatic hydroxyl groups excluding tert-OH is 1. The van der Waals surface area contributed by atoms with Crippen molar-refractivity contribution in [2.75, 3.05) is 6.54 Å². The molecule has 1 rings (SSSR count). The topological polar surface area (TPSA) is 104 Å². The molecule has 1 aromatic carbocycles. The van der Waals surface area contributed by atoms with Crippen LogP contribution in [0.25, 0.3) is 0 Å². The van der Waals surface area contributed by atoms with Crippen molar-refractivity contribution in [3.05, 3.63) is 29.0 Å². The lowest BCUT2D eigenvalue weighted by atomic mass is 10.3. The summed E-state index contributed by atoms with van der Waals surface area (Å²) in [4.78, 5) is 10.1. The van der Waals surface area contributed by atoms with E-state index in [-0.39, 0.29) is 22.9 Å². The van der Waals surface area contributed by atoms with Gasteiger partial charge in [0.2, 0.25) is 10.0 Å². The molecule has 0 spiro atoms. The molecule has 3 N–H and O–H groups in total. The standard InChI is InChI=1S/C10H11ClFNO5S/c11-7-5-6(1-2-8(7)12)19(17,18)13-4-3-9(14)10(15)16/h1-2,5,9,13-14H,3-4H2,(H,15,16)/t9-/m0/s1. The number of rotatable bonds is 6. The van der Waals surface area contributed by atoms with Crippen LogP contribution < -0.4 is 4.72 Å². The van der Waals surface area contributed by atoms with E-state index in [0.717, 1.165) is 18.2 Å². The van der Waals surface area contributed by atoms with Crippen LogP contribution in [0.4, 0.5) is 4.39 Å². The van der Waals surface area contributed by atoms with Crippen LogP contribution in [0.5, 0.6) is 0 Å². The Bertz CT molecular complexity index is 577. The minimum Gasteiger partial charge on any atom is -0.479 e. The molecule has 0 aliphatic carbocycles. The highest BCUT2D eigenvalue weighted by Crippen LogP contribution is 2.19. The number of hydrogen-bond donors (Lipinski definition) is 3. The first-order valence-electron chi connectivity index (χ1n) is 5.09. The molecule has 6 nitrogen and oxygen atoms in total. The van der Waals surface area contributed by atoms with Gasteiger partial charge in [-0.15, -0.1) is 0 Å². The highest BCUT2D eigenvalue weighted by molar-refractivity contribution is 7.89. The Kier molecular flexibility index (Phi) is 5.24. The summed E-state index contributed by atoms with van der Waals surface area (Å²) in [5, 5.41) is 17.0. The van der Waals surface area contributed by atoms with E-state index < -0.39 is 27.9 Å². The average molecular weight is 312 g/mol. The summed E-state index contributed by atoms with van der Waals surface area (Å²) in [6, 6.07) is 2.87. The van der Waals surface area contributed by atoms with Gasteiger partial charge in [0.25, 0.3) is 0 Å². The van der Waals surface area contributed by atoms with Gasteiger partial charge in [0.05, 0.1) is 9.92 Å². The maximum Gasteiger partial charge on any atom is 0.332 e. The summed E-state index contributed by atoms with van der Waals surface area (Å²) in [5.74, 6) is -2.19. The Morgan fingerprint density at radius 3 is 2.63 bits per heavy atom. The zero-order valence-corrected chi connectivity index (χ0v) is 11.1. The van der Waals surface area contributed by atoms with Crippen LogP contribution in [0, 0.1) is 5.82 Å². The van der Waals surface area contributed by atoms with Crippen molar-refractivity contribution in [2.45, 2.75) is 17.4 Å². The molecule has 0 unspecified atom stereocenters. The predicted octanol–water partition coefficient (Wildman–Crippen LogP) is 0.593. The molecule has 0 aliphatic heterocycles. The van der Waals surface area contributed by atoms with Gasteiger partial charge in [-0.1, -0.05) is 11.6 Å². The number of aliphatic carboxylic acids is 1. The van der Waals surface area contributed by atoms with E-state index in [9.17, 15) is 17.6 Å². The molecule has 0 aromatic heterocycles. The Morgan fingerprint density at radius 1 is 1.47 bits per heavy atom. The number of hydrogen-bond acceptors (Lipinski definition) is 4. The van der Waals surface area contributed by atoms with Crippen molar-refractivity contribution < 1.29 is 27.8 Å². The summed E-state index contributed by atoms with van der Waals surface area (Å²) in [5.41, 5.74) is 0. The molecule has 0 saturated carbocycles. The third kappa shape index (κ3) is 4.43. The van der Waals surface area contributed by atoms with Crippen LogP contribution in [-0.2, 0) is 14.8 Å². The smallest absolute Gasteiger partial charge is 0.332 e. The van der Waals surface area contributed by atoms with E-state index in [1.807, 2.05) is 0 Å². The molecule has 0 saturated heterocycles. The summed E-state index contributed by atoms with van der Waals surface area (Å²) in [6.07, 6.45) is -1.94. The fraction of sp³-hybridized carbons (Fsp3) is 0.300. The van der Waals surface area contributed by atoms with E-state index in [4.69, 9.17) is 21.8 Å². The minimum atomic E-state index is -3.93. The molecular formula is C10H11ClFNO5S. The lowest BCUT2D eigenvalue weighted by Crippen LogP contribution is -2.30. The Hall–Kier alpha value is -1.22. The number of sulfonamides is 1. The summed E-state index contributed by atoms with van der Waals surface area (Å²) < 4.78 is 38.4. The third-order valence-corrected chi connectivity index (χ3v) is 3.94. The molecule has 0 amide bonds. The molecule has 19 heavy (non-hydrogen) atoms. The number of aliphatic hydroxyl groups is 1. The summed E-state index contributed by atoms with van der Waals surface area (Å²) >= 11 is 5.46. The van der Waals surface area contributed by atoms with Crippen LogP contribution in [0.3, 0.4) is 0 Å². The maximum atomic E-state index is 12.9. The maximum absolute atomic E-state index is 12.9. The van der Waals surface area contributed by atoms with Crippen LogP contribution in [-0.4, -0.2) is 37.2 Å².